The molecule has 0 aliphatic carbocycles. The first-order chi connectivity index (χ1) is 21.8. The van der Waals surface area contributed by atoms with Gasteiger partial charge < -0.3 is 9.47 Å². The first kappa shape index (κ1) is 31.7. The maximum Gasteiger partial charge on any atom is 0.338 e. The van der Waals surface area contributed by atoms with Crippen LogP contribution < -0.4 is 19.6 Å². The van der Waals surface area contributed by atoms with Gasteiger partial charge in [-0.3, -0.25) is 9.36 Å². The molecular weight excluding hydrogens is 834 g/mol. The highest BCUT2D eigenvalue weighted by Crippen LogP contribution is 2.35. The highest BCUT2D eigenvalue weighted by Gasteiger charge is 2.35. The van der Waals surface area contributed by atoms with Crippen molar-refractivity contribution in [1.29, 1.82) is 0 Å². The van der Waals surface area contributed by atoms with E-state index in [1.54, 1.807) is 11.5 Å². The Morgan fingerprint density at radius 1 is 1.00 bits per heavy atom. The van der Waals surface area contributed by atoms with Gasteiger partial charge in [-0.15, -0.1) is 0 Å². The summed E-state index contributed by atoms with van der Waals surface area (Å²) < 4.78 is 15.9. The zero-order valence-electron chi connectivity index (χ0n) is 23.9. The Morgan fingerprint density at radius 2 is 1.73 bits per heavy atom. The molecule has 0 saturated heterocycles. The van der Waals surface area contributed by atoms with Crippen LogP contribution in [0.15, 0.2) is 112 Å². The van der Waals surface area contributed by atoms with Crippen LogP contribution in [-0.2, 0) is 16.1 Å². The predicted octanol–water partition coefficient (Wildman–Crippen LogP) is 7.38. The number of fused-ring (bicyclic) bond motifs is 1. The molecule has 4 aromatic carbocycles. The van der Waals surface area contributed by atoms with Crippen molar-refractivity contribution in [1.82, 2.24) is 4.57 Å². The van der Waals surface area contributed by atoms with Crippen molar-refractivity contribution in [2.24, 2.45) is 4.99 Å². The molecule has 6 rings (SSSR count). The number of rotatable bonds is 8. The summed E-state index contributed by atoms with van der Waals surface area (Å²) in [4.78, 5) is 33.4. The molecule has 0 unspecified atom stereocenters. The largest absolute Gasteiger partial charge is 0.487 e. The van der Waals surface area contributed by atoms with Gasteiger partial charge in [-0.25, -0.2) is 9.79 Å². The molecule has 6 nitrogen and oxygen atoms in total. The topological polar surface area (TPSA) is 69.9 Å². The zero-order valence-corrected chi connectivity index (χ0v) is 29.8. The highest BCUT2D eigenvalue weighted by atomic mass is 127. The van der Waals surface area contributed by atoms with Gasteiger partial charge in [-0.2, -0.15) is 0 Å². The lowest BCUT2D eigenvalue weighted by molar-refractivity contribution is -0.138. The molecule has 0 radical (unpaired) electrons. The van der Waals surface area contributed by atoms with Crippen molar-refractivity contribution >= 4 is 85.9 Å². The third-order valence-corrected chi connectivity index (χ3v) is 9.73. The summed E-state index contributed by atoms with van der Waals surface area (Å²) in [5.74, 6) is 0.158. The molecule has 0 spiro atoms. The van der Waals surface area contributed by atoms with E-state index in [9.17, 15) is 9.59 Å². The molecular formula is C35H25ClI2N2O4S. The van der Waals surface area contributed by atoms with Gasteiger partial charge in [0, 0.05) is 19.7 Å². The number of nitrogens with zero attached hydrogens (tertiary/aromatic N) is 2. The lowest BCUT2D eigenvalue weighted by Gasteiger charge is -2.25. The number of thiazole rings is 1. The van der Waals surface area contributed by atoms with E-state index in [-0.39, 0.29) is 12.2 Å². The minimum absolute atomic E-state index is 0.194. The van der Waals surface area contributed by atoms with Crippen molar-refractivity contribution in [3.8, 4) is 5.75 Å². The summed E-state index contributed by atoms with van der Waals surface area (Å²) in [6.45, 7) is 2.28. The van der Waals surface area contributed by atoms with Crippen LogP contribution in [0.25, 0.3) is 11.8 Å². The van der Waals surface area contributed by atoms with E-state index in [1.807, 2.05) is 103 Å². The maximum absolute atomic E-state index is 14.3. The number of aromatic nitrogens is 1. The van der Waals surface area contributed by atoms with Crippen LogP contribution in [0, 0.1) is 7.14 Å². The van der Waals surface area contributed by atoms with Crippen LogP contribution in [0.2, 0.25) is 5.02 Å². The second-order valence-electron chi connectivity index (χ2n) is 10.1. The quantitative estimate of drug-likeness (QED) is 0.121. The molecule has 1 aliphatic heterocycles. The number of benzene rings is 4. The minimum Gasteiger partial charge on any atom is -0.487 e. The van der Waals surface area contributed by atoms with E-state index in [4.69, 9.17) is 26.1 Å². The predicted molar refractivity (Wildman–Crippen MR) is 195 cm³/mol. The Kier molecular flexibility index (Phi) is 9.88. The zero-order chi connectivity index (χ0) is 31.5. The van der Waals surface area contributed by atoms with Crippen LogP contribution in [0.1, 0.15) is 35.2 Å². The van der Waals surface area contributed by atoms with E-state index >= 15 is 0 Å². The third-order valence-electron chi connectivity index (χ3n) is 7.08. The van der Waals surface area contributed by atoms with E-state index in [0.717, 1.165) is 29.4 Å². The third kappa shape index (κ3) is 6.81. The van der Waals surface area contributed by atoms with Crippen LogP contribution in [0.4, 0.5) is 0 Å². The van der Waals surface area contributed by atoms with Gasteiger partial charge in [0.25, 0.3) is 5.56 Å². The number of hydrogen-bond acceptors (Lipinski definition) is 6. The molecule has 0 saturated carbocycles. The first-order valence-corrected chi connectivity index (χ1v) is 17.4. The monoisotopic (exact) mass is 858 g/mol. The average Bonchev–Trinajstić information content (AvgIpc) is 3.34. The fourth-order valence-electron chi connectivity index (χ4n) is 5.15. The number of carbonyl (C=O) groups excluding carboxylic acids is 1. The van der Waals surface area contributed by atoms with Crippen molar-refractivity contribution < 1.29 is 14.3 Å². The van der Waals surface area contributed by atoms with Gasteiger partial charge in [-0.05, 0) is 93.6 Å². The summed E-state index contributed by atoms with van der Waals surface area (Å²) in [7, 11) is 0. The van der Waals surface area contributed by atoms with Crippen molar-refractivity contribution in [2.45, 2.75) is 19.6 Å². The SMILES string of the molecule is CCOC(=O)C1=C(c2ccccc2)N=c2s/c(=C\c3cc(I)cc(I)c3OCc3cccc(Cl)c3)c(=O)n2[C@H]1c1ccccc1. The van der Waals surface area contributed by atoms with Crippen molar-refractivity contribution in [2.75, 3.05) is 6.61 Å². The Morgan fingerprint density at radius 3 is 2.44 bits per heavy atom. The molecule has 1 atom stereocenters. The van der Waals surface area contributed by atoms with Gasteiger partial charge >= 0.3 is 5.97 Å². The van der Waals surface area contributed by atoms with Gasteiger partial charge in [0.05, 0.1) is 32.0 Å². The molecule has 0 fully saturated rings. The molecule has 45 heavy (non-hydrogen) atoms. The van der Waals surface area contributed by atoms with E-state index < -0.39 is 12.0 Å². The van der Waals surface area contributed by atoms with Crippen molar-refractivity contribution in [3.63, 3.8) is 0 Å². The van der Waals surface area contributed by atoms with Gasteiger partial charge in [0.1, 0.15) is 12.4 Å². The Labute approximate surface area is 296 Å². The smallest absolute Gasteiger partial charge is 0.338 e. The number of halogens is 3. The van der Waals surface area contributed by atoms with Crippen LogP contribution in [0.5, 0.6) is 5.75 Å². The van der Waals surface area contributed by atoms with Crippen LogP contribution in [0.3, 0.4) is 0 Å². The van der Waals surface area contributed by atoms with Crippen molar-refractivity contribution in [3.05, 3.63) is 157 Å². The highest BCUT2D eigenvalue weighted by molar-refractivity contribution is 14.1. The Bertz CT molecular complexity index is 2110. The normalized spacial score (nSPS) is 14.6. The summed E-state index contributed by atoms with van der Waals surface area (Å²) in [6.07, 6.45) is 1.85. The van der Waals surface area contributed by atoms with E-state index in [2.05, 4.69) is 45.2 Å². The molecule has 0 amide bonds. The second-order valence-corrected chi connectivity index (χ2v) is 13.9. The maximum atomic E-state index is 14.3. The lowest BCUT2D eigenvalue weighted by atomic mass is 9.93. The molecule has 2 heterocycles. The fraction of sp³-hybridized carbons (Fsp3) is 0.114. The molecule has 1 aliphatic rings. The number of hydrogen-bond donors (Lipinski definition) is 0. The molecule has 1 aromatic heterocycles. The standard InChI is InChI=1S/C35H25ClI2N2O4S/c1-2-43-34(42)29-30(22-11-5-3-6-12-22)39-35-40(31(29)23-13-7-4-8-14-23)33(41)28(45-35)18-24-17-26(37)19-27(38)32(24)44-20-21-10-9-15-25(36)16-21/h3-19,31H,2,20H2,1H3/b28-18-/t31-/m0/s1. The molecule has 5 aromatic rings. The molecule has 226 valence electrons. The summed E-state index contributed by atoms with van der Waals surface area (Å²) in [5.41, 5.74) is 3.81. The van der Waals surface area contributed by atoms with E-state index in [1.165, 1.54) is 11.3 Å². The van der Waals surface area contributed by atoms with Gasteiger partial charge in [0.15, 0.2) is 4.80 Å². The Balaban J connectivity index is 1.55. The fourth-order valence-corrected chi connectivity index (χ4v) is 8.40. The van der Waals surface area contributed by atoms with Crippen LogP contribution in [-0.4, -0.2) is 17.1 Å². The number of ether oxygens (including phenoxy) is 2. The summed E-state index contributed by atoms with van der Waals surface area (Å²) in [6, 6.07) is 29.9. The molecule has 0 N–H and O–H groups in total. The average molecular weight is 859 g/mol. The lowest BCUT2D eigenvalue weighted by Crippen LogP contribution is -2.40. The number of esters is 1. The summed E-state index contributed by atoms with van der Waals surface area (Å²) in [5, 5.41) is 0.639. The molecule has 10 heteroatoms. The summed E-state index contributed by atoms with van der Waals surface area (Å²) >= 11 is 12.0. The Hall–Kier alpha value is -3.26. The van der Waals surface area contributed by atoms with E-state index in [0.29, 0.717) is 38.0 Å². The first-order valence-electron chi connectivity index (χ1n) is 14.0. The van der Waals surface area contributed by atoms with Gasteiger partial charge in [-0.1, -0.05) is 95.7 Å². The van der Waals surface area contributed by atoms with Gasteiger partial charge in [0.2, 0.25) is 0 Å². The number of carbonyl (C=O) groups is 1. The minimum atomic E-state index is -0.728. The molecule has 0 bridgehead atoms. The van der Waals surface area contributed by atoms with Crippen LogP contribution >= 0.6 is 68.1 Å². The second kappa shape index (κ2) is 14.0.